The van der Waals surface area contributed by atoms with Crippen molar-refractivity contribution in [3.8, 4) is 0 Å². The molecule has 2 rings (SSSR count). The molecule has 1 atom stereocenters. The van der Waals surface area contributed by atoms with Crippen molar-refractivity contribution in [2.24, 2.45) is 0 Å². The molecule has 3 nitrogen and oxygen atoms in total. The fraction of sp³-hybridized carbons (Fsp3) is 0.583. The van der Waals surface area contributed by atoms with E-state index in [0.717, 1.165) is 18.8 Å². The van der Waals surface area contributed by atoms with Crippen molar-refractivity contribution in [1.82, 2.24) is 10.3 Å². The number of nitrogens with zero attached hydrogens (tertiary/aromatic N) is 1. The molecule has 0 radical (unpaired) electrons. The molecular formula is C12H19N3. The highest BCUT2D eigenvalue weighted by Gasteiger charge is 2.13. The average Bonchev–Trinajstić information content (AvgIpc) is 2.71. The molecule has 2 N–H and O–H groups in total. The van der Waals surface area contributed by atoms with E-state index in [-0.39, 0.29) is 0 Å². The van der Waals surface area contributed by atoms with E-state index in [4.69, 9.17) is 0 Å². The lowest BCUT2D eigenvalue weighted by molar-refractivity contribution is 0.787. The van der Waals surface area contributed by atoms with Crippen molar-refractivity contribution in [3.63, 3.8) is 0 Å². The van der Waals surface area contributed by atoms with Crippen LogP contribution in [0.5, 0.6) is 0 Å². The summed E-state index contributed by atoms with van der Waals surface area (Å²) in [4.78, 5) is 4.36. The van der Waals surface area contributed by atoms with Crippen LogP contribution < -0.4 is 10.6 Å². The van der Waals surface area contributed by atoms with Gasteiger partial charge in [-0.25, -0.2) is 0 Å². The molecule has 3 heteroatoms. The second-order valence-corrected chi connectivity index (χ2v) is 4.46. The van der Waals surface area contributed by atoms with Gasteiger partial charge in [-0.3, -0.25) is 4.98 Å². The van der Waals surface area contributed by atoms with Crippen molar-refractivity contribution in [1.29, 1.82) is 0 Å². The van der Waals surface area contributed by atoms with Gasteiger partial charge in [-0.15, -0.1) is 0 Å². The number of anilines is 1. The first-order chi connectivity index (χ1) is 7.25. The van der Waals surface area contributed by atoms with E-state index >= 15 is 0 Å². The maximum Gasteiger partial charge on any atom is 0.0449 e. The van der Waals surface area contributed by atoms with Crippen molar-refractivity contribution in [3.05, 3.63) is 24.0 Å². The van der Waals surface area contributed by atoms with Gasteiger partial charge in [0.25, 0.3) is 0 Å². The van der Waals surface area contributed by atoms with Gasteiger partial charge in [-0.05, 0) is 31.0 Å². The Morgan fingerprint density at radius 1 is 1.53 bits per heavy atom. The van der Waals surface area contributed by atoms with Gasteiger partial charge in [0, 0.05) is 30.2 Å². The smallest absolute Gasteiger partial charge is 0.0449 e. The first-order valence-electron chi connectivity index (χ1n) is 5.69. The van der Waals surface area contributed by atoms with E-state index in [2.05, 4.69) is 35.5 Å². The molecule has 15 heavy (non-hydrogen) atoms. The molecule has 0 spiro atoms. The Labute approximate surface area is 91.3 Å². The lowest BCUT2D eigenvalue weighted by Gasteiger charge is -2.14. The minimum atomic E-state index is 0.494. The molecule has 1 aromatic heterocycles. The zero-order valence-corrected chi connectivity index (χ0v) is 9.46. The third-order valence-electron chi connectivity index (χ3n) is 2.80. The van der Waals surface area contributed by atoms with Crippen LogP contribution in [-0.2, 0) is 0 Å². The van der Waals surface area contributed by atoms with Gasteiger partial charge in [0.2, 0.25) is 0 Å². The summed E-state index contributed by atoms with van der Waals surface area (Å²) in [6, 6.07) is 4.78. The second-order valence-electron chi connectivity index (χ2n) is 4.46. The van der Waals surface area contributed by atoms with Gasteiger partial charge in [0.1, 0.15) is 0 Å². The standard InChI is InChI=1S/C12H19N3/c1-9(2)12-7-10(4-6-14-12)15-11-3-5-13-8-11/h4,6-7,9,11,13H,3,5,8H2,1-2H3,(H,14,15). The zero-order valence-electron chi connectivity index (χ0n) is 9.46. The summed E-state index contributed by atoms with van der Waals surface area (Å²) in [7, 11) is 0. The highest BCUT2D eigenvalue weighted by atomic mass is 15.0. The predicted octanol–water partition coefficient (Wildman–Crippen LogP) is 1.98. The van der Waals surface area contributed by atoms with Gasteiger partial charge >= 0.3 is 0 Å². The first-order valence-corrected chi connectivity index (χ1v) is 5.69. The van der Waals surface area contributed by atoms with E-state index in [9.17, 15) is 0 Å². The molecule has 1 aliphatic heterocycles. The molecule has 0 bridgehead atoms. The summed E-state index contributed by atoms with van der Waals surface area (Å²) in [6.07, 6.45) is 3.10. The van der Waals surface area contributed by atoms with Crippen LogP contribution in [0.3, 0.4) is 0 Å². The molecule has 1 unspecified atom stereocenters. The Bertz CT molecular complexity index is 316. The van der Waals surface area contributed by atoms with E-state index in [1.165, 1.54) is 12.1 Å². The van der Waals surface area contributed by atoms with Gasteiger partial charge in [0.15, 0.2) is 0 Å². The molecule has 0 aliphatic carbocycles. The Balaban J connectivity index is 2.04. The Hall–Kier alpha value is -1.09. The Kier molecular flexibility index (Phi) is 3.21. The van der Waals surface area contributed by atoms with Crippen molar-refractivity contribution >= 4 is 5.69 Å². The summed E-state index contributed by atoms with van der Waals surface area (Å²) in [5, 5.41) is 6.89. The Morgan fingerprint density at radius 2 is 2.40 bits per heavy atom. The maximum atomic E-state index is 4.36. The summed E-state index contributed by atoms with van der Waals surface area (Å²) in [5.74, 6) is 0.494. The zero-order chi connectivity index (χ0) is 10.7. The van der Waals surface area contributed by atoms with Crippen LogP contribution in [0.4, 0.5) is 5.69 Å². The molecule has 0 saturated carbocycles. The molecule has 82 valence electrons. The molecule has 1 aliphatic rings. The number of pyridine rings is 1. The average molecular weight is 205 g/mol. The molecule has 2 heterocycles. The minimum absolute atomic E-state index is 0.494. The molecular weight excluding hydrogens is 186 g/mol. The highest BCUT2D eigenvalue weighted by Crippen LogP contribution is 2.17. The summed E-state index contributed by atoms with van der Waals surface area (Å²) in [5.41, 5.74) is 2.35. The van der Waals surface area contributed by atoms with E-state index in [1.54, 1.807) is 0 Å². The van der Waals surface area contributed by atoms with E-state index < -0.39 is 0 Å². The summed E-state index contributed by atoms with van der Waals surface area (Å²) < 4.78 is 0. The largest absolute Gasteiger partial charge is 0.381 e. The van der Waals surface area contributed by atoms with Gasteiger partial charge in [-0.2, -0.15) is 0 Å². The fourth-order valence-electron chi connectivity index (χ4n) is 1.87. The quantitative estimate of drug-likeness (QED) is 0.792. The SMILES string of the molecule is CC(C)c1cc(NC2CCNC2)ccn1. The van der Waals surface area contributed by atoms with Crippen LogP contribution in [-0.4, -0.2) is 24.1 Å². The molecule has 0 amide bonds. The maximum absolute atomic E-state index is 4.36. The first kappa shape index (κ1) is 10.4. The number of rotatable bonds is 3. The summed E-state index contributed by atoms with van der Waals surface area (Å²) in [6.45, 7) is 6.53. The lowest BCUT2D eigenvalue weighted by Crippen LogP contribution is -2.22. The van der Waals surface area contributed by atoms with E-state index in [1.807, 2.05) is 12.3 Å². The van der Waals surface area contributed by atoms with E-state index in [0.29, 0.717) is 12.0 Å². The van der Waals surface area contributed by atoms with Gasteiger partial charge in [0.05, 0.1) is 0 Å². The van der Waals surface area contributed by atoms with Crippen LogP contribution >= 0.6 is 0 Å². The van der Waals surface area contributed by atoms with Crippen LogP contribution in [0, 0.1) is 0 Å². The number of hydrogen-bond donors (Lipinski definition) is 2. The third kappa shape index (κ3) is 2.69. The van der Waals surface area contributed by atoms with Crippen molar-refractivity contribution < 1.29 is 0 Å². The van der Waals surface area contributed by atoms with Crippen LogP contribution in [0.2, 0.25) is 0 Å². The minimum Gasteiger partial charge on any atom is -0.381 e. The number of nitrogens with one attached hydrogen (secondary N) is 2. The second kappa shape index (κ2) is 4.62. The number of hydrogen-bond acceptors (Lipinski definition) is 3. The highest BCUT2D eigenvalue weighted by molar-refractivity contribution is 5.44. The van der Waals surface area contributed by atoms with Gasteiger partial charge in [-0.1, -0.05) is 13.8 Å². The predicted molar refractivity (Wildman–Crippen MR) is 63.2 cm³/mol. The molecule has 1 saturated heterocycles. The van der Waals surface area contributed by atoms with Crippen LogP contribution in [0.1, 0.15) is 31.9 Å². The fourth-order valence-corrected chi connectivity index (χ4v) is 1.87. The Morgan fingerprint density at radius 3 is 3.07 bits per heavy atom. The van der Waals surface area contributed by atoms with Crippen LogP contribution in [0.25, 0.3) is 0 Å². The van der Waals surface area contributed by atoms with Crippen molar-refractivity contribution in [2.45, 2.75) is 32.2 Å². The van der Waals surface area contributed by atoms with Crippen molar-refractivity contribution in [2.75, 3.05) is 18.4 Å². The summed E-state index contributed by atoms with van der Waals surface area (Å²) >= 11 is 0. The monoisotopic (exact) mass is 205 g/mol. The topological polar surface area (TPSA) is 37.0 Å². The van der Waals surface area contributed by atoms with Crippen LogP contribution in [0.15, 0.2) is 18.3 Å². The van der Waals surface area contributed by atoms with Gasteiger partial charge < -0.3 is 10.6 Å². The number of aromatic nitrogens is 1. The molecule has 1 fully saturated rings. The molecule has 0 aromatic carbocycles. The third-order valence-corrected chi connectivity index (χ3v) is 2.80. The lowest BCUT2D eigenvalue weighted by atomic mass is 10.1. The molecule has 1 aromatic rings. The normalized spacial score (nSPS) is 20.9.